The van der Waals surface area contributed by atoms with E-state index >= 15 is 0 Å². The lowest BCUT2D eigenvalue weighted by atomic mass is 9.71. The van der Waals surface area contributed by atoms with Gasteiger partial charge in [0.25, 0.3) is 0 Å². The smallest absolute Gasteiger partial charge is 0.393 e. The van der Waals surface area contributed by atoms with Gasteiger partial charge in [-0.15, -0.1) is 11.3 Å². The van der Waals surface area contributed by atoms with E-state index in [9.17, 15) is 26.0 Å². The summed E-state index contributed by atoms with van der Waals surface area (Å²) in [6.45, 7) is 4.03. The van der Waals surface area contributed by atoms with Gasteiger partial charge in [0.15, 0.2) is 9.84 Å². The molecule has 13 heteroatoms. The Morgan fingerprint density at radius 3 is 2.49 bits per heavy atom. The third-order valence-electron chi connectivity index (χ3n) is 9.62. The molecule has 1 spiro atoms. The predicted molar refractivity (Wildman–Crippen MR) is 177 cm³/mol. The van der Waals surface area contributed by atoms with Crippen molar-refractivity contribution in [2.24, 2.45) is 5.41 Å². The summed E-state index contributed by atoms with van der Waals surface area (Å²) in [6.07, 6.45) is 1.88. The Morgan fingerprint density at radius 1 is 1.11 bits per heavy atom. The largest absolute Gasteiger partial charge is 0.495 e. The molecule has 3 fully saturated rings. The minimum absolute atomic E-state index is 0.0337. The number of benzene rings is 2. The van der Waals surface area contributed by atoms with Crippen molar-refractivity contribution < 1.29 is 35.5 Å². The molecule has 1 saturated carbocycles. The van der Waals surface area contributed by atoms with Crippen LogP contribution in [-0.4, -0.2) is 77.8 Å². The van der Waals surface area contributed by atoms with Gasteiger partial charge < -0.3 is 20.1 Å². The van der Waals surface area contributed by atoms with Crippen LogP contribution in [0.5, 0.6) is 5.75 Å². The summed E-state index contributed by atoms with van der Waals surface area (Å²) in [5.41, 5.74) is 1.58. The van der Waals surface area contributed by atoms with Crippen molar-refractivity contribution in [2.45, 2.75) is 68.1 Å². The average Bonchev–Trinajstić information content (AvgIpc) is 3.35. The first-order chi connectivity index (χ1) is 22.3. The number of halogens is 4. The number of hydrogen-bond donors (Lipinski definition) is 2. The SMILES string of the molecule is COc1cc(S(C)(=O)=O)c(F)cc1NCC#Cc1sc2c(NC3CCC(N4CC5(CCOCC5)C4)CC3)cccc2c1CC(F)(F)F. The Balaban J connectivity index is 1.15. The van der Waals surface area contributed by atoms with Crippen LogP contribution in [0, 0.1) is 23.1 Å². The molecule has 47 heavy (non-hydrogen) atoms. The molecule has 2 N–H and O–H groups in total. The van der Waals surface area contributed by atoms with Crippen molar-refractivity contribution in [3.8, 4) is 17.6 Å². The third-order valence-corrected chi connectivity index (χ3v) is 11.9. The summed E-state index contributed by atoms with van der Waals surface area (Å²) in [5.74, 6) is 4.92. The van der Waals surface area contributed by atoms with Gasteiger partial charge in [-0.05, 0) is 55.5 Å². The summed E-state index contributed by atoms with van der Waals surface area (Å²) in [5, 5.41) is 7.06. The molecule has 254 valence electrons. The lowest BCUT2D eigenvalue weighted by Gasteiger charge is -2.56. The summed E-state index contributed by atoms with van der Waals surface area (Å²) in [4.78, 5) is 2.45. The quantitative estimate of drug-likeness (QED) is 0.197. The van der Waals surface area contributed by atoms with E-state index in [0.29, 0.717) is 21.7 Å². The normalized spacial score (nSPS) is 21.6. The van der Waals surface area contributed by atoms with Crippen molar-refractivity contribution in [1.29, 1.82) is 0 Å². The summed E-state index contributed by atoms with van der Waals surface area (Å²) < 4.78 is 90.9. The molecule has 0 radical (unpaired) electrons. The fourth-order valence-corrected chi connectivity index (χ4v) is 9.06. The second-order valence-corrected chi connectivity index (χ2v) is 16.0. The van der Waals surface area contributed by atoms with Crippen LogP contribution in [0.2, 0.25) is 0 Å². The number of methoxy groups -OCH3 is 1. The number of thiophene rings is 1. The average molecular weight is 694 g/mol. The minimum atomic E-state index is -4.42. The van der Waals surface area contributed by atoms with Gasteiger partial charge in [-0.3, -0.25) is 4.90 Å². The molecule has 7 nitrogen and oxygen atoms in total. The Bertz CT molecular complexity index is 1780. The summed E-state index contributed by atoms with van der Waals surface area (Å²) in [7, 11) is -2.49. The molecule has 6 rings (SSSR count). The lowest BCUT2D eigenvalue weighted by Crippen LogP contribution is -2.62. The molecule has 2 saturated heterocycles. The van der Waals surface area contributed by atoms with E-state index < -0.39 is 33.1 Å². The van der Waals surface area contributed by atoms with E-state index in [1.165, 1.54) is 18.4 Å². The van der Waals surface area contributed by atoms with Crippen LogP contribution in [-0.2, 0) is 21.0 Å². The first-order valence-electron chi connectivity index (χ1n) is 15.8. The highest BCUT2D eigenvalue weighted by Gasteiger charge is 2.46. The highest BCUT2D eigenvalue weighted by Crippen LogP contribution is 2.44. The zero-order valence-corrected chi connectivity index (χ0v) is 28.1. The highest BCUT2D eigenvalue weighted by molar-refractivity contribution is 7.90. The first kappa shape index (κ1) is 33.8. The monoisotopic (exact) mass is 693 g/mol. The Hall–Kier alpha value is -3.05. The number of rotatable bonds is 8. The van der Waals surface area contributed by atoms with Crippen LogP contribution in [0.15, 0.2) is 35.2 Å². The molecule has 1 aromatic heterocycles. The molecule has 2 aliphatic heterocycles. The summed E-state index contributed by atoms with van der Waals surface area (Å²) >= 11 is 1.24. The fourth-order valence-electron chi connectivity index (χ4n) is 7.15. The third kappa shape index (κ3) is 7.66. The zero-order valence-electron chi connectivity index (χ0n) is 26.4. The maximum absolute atomic E-state index is 14.5. The van der Waals surface area contributed by atoms with E-state index in [-0.39, 0.29) is 29.6 Å². The van der Waals surface area contributed by atoms with Crippen LogP contribution in [0.25, 0.3) is 10.1 Å². The van der Waals surface area contributed by atoms with Crippen LogP contribution < -0.4 is 15.4 Å². The molecular formula is C34H39F4N3O4S2. The molecule has 3 heterocycles. The van der Waals surface area contributed by atoms with Crippen LogP contribution in [0.1, 0.15) is 49.0 Å². The number of alkyl halides is 3. The van der Waals surface area contributed by atoms with E-state index in [2.05, 4.69) is 27.4 Å². The van der Waals surface area contributed by atoms with Crippen LogP contribution >= 0.6 is 11.3 Å². The number of hydrogen-bond acceptors (Lipinski definition) is 8. The van der Waals surface area contributed by atoms with Gasteiger partial charge >= 0.3 is 6.18 Å². The van der Waals surface area contributed by atoms with Crippen molar-refractivity contribution in [3.63, 3.8) is 0 Å². The van der Waals surface area contributed by atoms with Crippen molar-refractivity contribution in [3.05, 3.63) is 46.6 Å². The molecule has 0 amide bonds. The summed E-state index contributed by atoms with van der Waals surface area (Å²) in [6, 6.07) is 8.34. The number of anilines is 2. The van der Waals surface area contributed by atoms with Gasteiger partial charge in [0, 0.05) is 62.2 Å². The molecular weight excluding hydrogens is 655 g/mol. The maximum Gasteiger partial charge on any atom is 0.393 e. The number of nitrogens with zero attached hydrogens (tertiary/aromatic N) is 1. The number of ether oxygens (including phenoxy) is 2. The molecule has 0 atom stereocenters. The van der Waals surface area contributed by atoms with E-state index in [0.717, 1.165) is 93.6 Å². The van der Waals surface area contributed by atoms with Gasteiger partial charge in [-0.2, -0.15) is 13.2 Å². The van der Waals surface area contributed by atoms with Gasteiger partial charge in [-0.1, -0.05) is 24.0 Å². The second kappa shape index (κ2) is 13.5. The van der Waals surface area contributed by atoms with Crippen molar-refractivity contribution in [1.82, 2.24) is 4.90 Å². The highest BCUT2D eigenvalue weighted by atomic mass is 32.2. The standard InChI is InChI=1S/C34H39F4N3O4S2/c1-44-29-18-31(47(2,42)43)26(35)17-28(29)39-14-4-7-30-25(19-34(36,37)38)24-5-3-6-27(32(24)46-30)40-22-8-10-23(11-9-22)41-20-33(21-41)12-15-45-16-13-33/h3,5-6,17-18,22-23,39-40H,8-16,19-21H2,1-2H3. The molecule has 1 aliphatic carbocycles. The van der Waals surface area contributed by atoms with Gasteiger partial charge in [-0.25, -0.2) is 12.8 Å². The number of sulfone groups is 1. The Kier molecular flexibility index (Phi) is 9.69. The van der Waals surface area contributed by atoms with Gasteiger partial charge in [0.05, 0.1) is 41.0 Å². The first-order valence-corrected chi connectivity index (χ1v) is 18.5. The van der Waals surface area contributed by atoms with Gasteiger partial charge in [0.1, 0.15) is 16.5 Å². The van der Waals surface area contributed by atoms with Gasteiger partial charge in [0.2, 0.25) is 0 Å². The molecule has 0 bridgehead atoms. The second-order valence-electron chi connectivity index (χ2n) is 13.0. The molecule has 3 aliphatic rings. The topological polar surface area (TPSA) is 79.9 Å². The van der Waals surface area contributed by atoms with Crippen LogP contribution in [0.4, 0.5) is 28.9 Å². The predicted octanol–water partition coefficient (Wildman–Crippen LogP) is 6.86. The number of fused-ring (bicyclic) bond motifs is 1. The Labute approximate surface area is 276 Å². The Morgan fingerprint density at radius 2 is 1.83 bits per heavy atom. The van der Waals surface area contributed by atoms with E-state index in [1.807, 2.05) is 6.07 Å². The van der Waals surface area contributed by atoms with E-state index in [1.54, 1.807) is 12.1 Å². The molecule has 2 aromatic carbocycles. The number of likely N-dealkylation sites (tertiary alicyclic amines) is 1. The maximum atomic E-state index is 14.5. The van der Waals surface area contributed by atoms with E-state index in [4.69, 9.17) is 9.47 Å². The molecule has 0 unspecified atom stereocenters. The van der Waals surface area contributed by atoms with Crippen LogP contribution in [0.3, 0.4) is 0 Å². The van der Waals surface area contributed by atoms with Crippen molar-refractivity contribution in [2.75, 3.05) is 56.8 Å². The lowest BCUT2D eigenvalue weighted by molar-refractivity contribution is -0.126. The molecule has 3 aromatic rings. The van der Waals surface area contributed by atoms with Crippen molar-refractivity contribution >= 4 is 42.6 Å². The zero-order chi connectivity index (χ0) is 33.4. The minimum Gasteiger partial charge on any atom is -0.495 e. The fraction of sp³-hybridized carbons (Fsp3) is 0.529. The number of nitrogens with one attached hydrogen (secondary N) is 2.